The fourth-order valence-electron chi connectivity index (χ4n) is 2.17. The first-order valence-corrected chi connectivity index (χ1v) is 5.87. The third-order valence-electron chi connectivity index (χ3n) is 2.90. The van der Waals surface area contributed by atoms with Crippen LogP contribution in [-0.4, -0.2) is 29.2 Å². The van der Waals surface area contributed by atoms with Crippen molar-refractivity contribution in [2.75, 3.05) is 12.4 Å². The fraction of sp³-hybridized carbons (Fsp3) is 0.636. The maximum absolute atomic E-state index is 5.88. The molecule has 0 bridgehead atoms. The van der Waals surface area contributed by atoms with Crippen molar-refractivity contribution >= 4 is 17.4 Å². The predicted molar refractivity (Wildman–Crippen MR) is 63.8 cm³/mol. The lowest BCUT2D eigenvalue weighted by Crippen LogP contribution is -2.30. The van der Waals surface area contributed by atoms with Gasteiger partial charge in [-0.1, -0.05) is 11.6 Å². The van der Waals surface area contributed by atoms with Crippen molar-refractivity contribution < 1.29 is 4.74 Å². The molecule has 4 nitrogen and oxygen atoms in total. The zero-order valence-corrected chi connectivity index (χ0v) is 10.3. The van der Waals surface area contributed by atoms with Gasteiger partial charge in [-0.15, -0.1) is 0 Å². The molecule has 1 saturated carbocycles. The molecule has 1 N–H and O–H groups in total. The molecule has 5 heteroatoms. The zero-order chi connectivity index (χ0) is 11.5. The SMILES string of the molecule is COC1CCCC1Nc1cc(Cl)nc(C)n1. The van der Waals surface area contributed by atoms with E-state index < -0.39 is 0 Å². The summed E-state index contributed by atoms with van der Waals surface area (Å²) in [5.41, 5.74) is 0. The van der Waals surface area contributed by atoms with E-state index in [0.717, 1.165) is 18.7 Å². The number of aryl methyl sites for hydroxylation is 1. The number of hydrogen-bond donors (Lipinski definition) is 1. The van der Waals surface area contributed by atoms with E-state index in [1.165, 1.54) is 6.42 Å². The van der Waals surface area contributed by atoms with Crippen molar-refractivity contribution in [3.05, 3.63) is 17.0 Å². The summed E-state index contributed by atoms with van der Waals surface area (Å²) in [4.78, 5) is 8.34. The minimum Gasteiger partial charge on any atom is -0.379 e. The van der Waals surface area contributed by atoms with Gasteiger partial charge in [0.15, 0.2) is 0 Å². The van der Waals surface area contributed by atoms with E-state index in [1.54, 1.807) is 13.2 Å². The molecule has 0 aliphatic heterocycles. The zero-order valence-electron chi connectivity index (χ0n) is 9.53. The van der Waals surface area contributed by atoms with Gasteiger partial charge in [0.1, 0.15) is 16.8 Å². The predicted octanol–water partition coefficient (Wildman–Crippen LogP) is 2.42. The Kier molecular flexibility index (Phi) is 3.61. The van der Waals surface area contributed by atoms with Crippen LogP contribution in [0.1, 0.15) is 25.1 Å². The molecule has 1 aromatic rings. The van der Waals surface area contributed by atoms with E-state index in [0.29, 0.717) is 17.0 Å². The number of rotatable bonds is 3. The van der Waals surface area contributed by atoms with E-state index in [-0.39, 0.29) is 6.10 Å². The molecule has 1 aliphatic rings. The van der Waals surface area contributed by atoms with Crippen molar-refractivity contribution in [1.29, 1.82) is 0 Å². The minimum absolute atomic E-state index is 0.272. The van der Waals surface area contributed by atoms with Gasteiger partial charge < -0.3 is 10.1 Å². The first-order valence-electron chi connectivity index (χ1n) is 5.49. The molecule has 88 valence electrons. The highest BCUT2D eigenvalue weighted by Crippen LogP contribution is 2.25. The number of methoxy groups -OCH3 is 1. The topological polar surface area (TPSA) is 47.0 Å². The van der Waals surface area contributed by atoms with E-state index in [1.807, 2.05) is 6.92 Å². The Labute approximate surface area is 100 Å². The molecule has 16 heavy (non-hydrogen) atoms. The lowest BCUT2D eigenvalue weighted by Gasteiger charge is -2.20. The third kappa shape index (κ3) is 2.62. The smallest absolute Gasteiger partial charge is 0.134 e. The number of ether oxygens (including phenoxy) is 1. The Morgan fingerprint density at radius 3 is 2.94 bits per heavy atom. The molecule has 0 aromatic carbocycles. The van der Waals surface area contributed by atoms with Gasteiger partial charge in [-0.3, -0.25) is 0 Å². The van der Waals surface area contributed by atoms with Crippen LogP contribution in [0.4, 0.5) is 5.82 Å². The summed E-state index contributed by atoms with van der Waals surface area (Å²) < 4.78 is 5.42. The molecular weight excluding hydrogens is 226 g/mol. The second kappa shape index (κ2) is 4.97. The summed E-state index contributed by atoms with van der Waals surface area (Å²) in [5.74, 6) is 1.47. The van der Waals surface area contributed by atoms with Crippen molar-refractivity contribution in [3.63, 3.8) is 0 Å². The van der Waals surface area contributed by atoms with E-state index in [9.17, 15) is 0 Å². The summed E-state index contributed by atoms with van der Waals surface area (Å²) in [7, 11) is 1.75. The van der Waals surface area contributed by atoms with Crippen LogP contribution >= 0.6 is 11.6 Å². The molecule has 0 radical (unpaired) electrons. The molecule has 1 aliphatic carbocycles. The third-order valence-corrected chi connectivity index (χ3v) is 3.09. The van der Waals surface area contributed by atoms with Crippen molar-refractivity contribution in [2.24, 2.45) is 0 Å². The van der Waals surface area contributed by atoms with Crippen LogP contribution < -0.4 is 5.32 Å². The summed E-state index contributed by atoms with van der Waals surface area (Å²) in [5, 5.41) is 3.84. The van der Waals surface area contributed by atoms with Gasteiger partial charge >= 0.3 is 0 Å². The largest absolute Gasteiger partial charge is 0.379 e. The second-order valence-corrected chi connectivity index (χ2v) is 4.47. The van der Waals surface area contributed by atoms with Gasteiger partial charge in [0, 0.05) is 13.2 Å². The number of nitrogens with zero attached hydrogens (tertiary/aromatic N) is 2. The molecule has 1 aromatic heterocycles. The maximum atomic E-state index is 5.88. The molecule has 0 saturated heterocycles. The summed E-state index contributed by atoms with van der Waals surface area (Å²) in [6.07, 6.45) is 3.67. The van der Waals surface area contributed by atoms with Crippen LogP contribution in [0.15, 0.2) is 6.07 Å². The maximum Gasteiger partial charge on any atom is 0.134 e. The van der Waals surface area contributed by atoms with E-state index in [2.05, 4.69) is 15.3 Å². The first-order chi connectivity index (χ1) is 7.69. The Balaban J connectivity index is 2.08. The van der Waals surface area contributed by atoms with E-state index >= 15 is 0 Å². The van der Waals surface area contributed by atoms with Crippen LogP contribution in [0.5, 0.6) is 0 Å². The fourth-order valence-corrected chi connectivity index (χ4v) is 2.39. The molecule has 2 rings (SSSR count). The molecule has 0 amide bonds. The van der Waals surface area contributed by atoms with E-state index in [4.69, 9.17) is 16.3 Å². The molecular formula is C11H16ClN3O. The highest BCUT2D eigenvalue weighted by atomic mass is 35.5. The van der Waals surface area contributed by atoms with Crippen molar-refractivity contribution in [1.82, 2.24) is 9.97 Å². The van der Waals surface area contributed by atoms with Gasteiger partial charge in [-0.2, -0.15) is 0 Å². The quantitative estimate of drug-likeness (QED) is 0.826. The van der Waals surface area contributed by atoms with Crippen molar-refractivity contribution in [2.45, 2.75) is 38.3 Å². The lowest BCUT2D eigenvalue weighted by molar-refractivity contribution is 0.101. The first kappa shape index (κ1) is 11.6. The number of hydrogen-bond acceptors (Lipinski definition) is 4. The Bertz CT molecular complexity index is 352. The normalized spacial score (nSPS) is 24.7. The number of halogens is 1. The van der Waals surface area contributed by atoms with Gasteiger partial charge in [0.25, 0.3) is 0 Å². The number of anilines is 1. The molecule has 2 atom stereocenters. The number of nitrogens with one attached hydrogen (secondary N) is 1. The molecule has 1 heterocycles. The summed E-state index contributed by atoms with van der Waals surface area (Å²) in [6, 6.07) is 2.08. The molecule has 0 spiro atoms. The number of aromatic nitrogens is 2. The average Bonchev–Trinajstić information content (AvgIpc) is 2.63. The van der Waals surface area contributed by atoms with Gasteiger partial charge in [0.05, 0.1) is 12.1 Å². The van der Waals surface area contributed by atoms with Crippen LogP contribution in [0.25, 0.3) is 0 Å². The Morgan fingerprint density at radius 1 is 1.44 bits per heavy atom. The van der Waals surface area contributed by atoms with Crippen LogP contribution in [0.3, 0.4) is 0 Å². The van der Waals surface area contributed by atoms with Gasteiger partial charge in [-0.05, 0) is 26.2 Å². The second-order valence-electron chi connectivity index (χ2n) is 4.08. The summed E-state index contributed by atoms with van der Waals surface area (Å²) in [6.45, 7) is 1.83. The van der Waals surface area contributed by atoms with Gasteiger partial charge in [0.2, 0.25) is 0 Å². The monoisotopic (exact) mass is 241 g/mol. The van der Waals surface area contributed by atoms with Crippen LogP contribution in [0.2, 0.25) is 5.15 Å². The highest BCUT2D eigenvalue weighted by molar-refractivity contribution is 6.29. The Morgan fingerprint density at radius 2 is 2.25 bits per heavy atom. The van der Waals surface area contributed by atoms with Gasteiger partial charge in [-0.25, -0.2) is 9.97 Å². The standard InChI is InChI=1S/C11H16ClN3O/c1-7-13-10(12)6-11(14-7)15-8-4-3-5-9(8)16-2/h6,8-9H,3-5H2,1-2H3,(H,13,14,15). The average molecular weight is 242 g/mol. The summed E-state index contributed by atoms with van der Waals surface area (Å²) >= 11 is 5.88. The van der Waals surface area contributed by atoms with Crippen LogP contribution in [-0.2, 0) is 4.74 Å². The lowest BCUT2D eigenvalue weighted by atomic mass is 10.2. The molecule has 1 fully saturated rings. The highest BCUT2D eigenvalue weighted by Gasteiger charge is 2.27. The van der Waals surface area contributed by atoms with Crippen LogP contribution in [0, 0.1) is 6.92 Å². The minimum atomic E-state index is 0.272. The molecule has 2 unspecified atom stereocenters. The Hall–Kier alpha value is -0.870. The van der Waals surface area contributed by atoms with Crippen molar-refractivity contribution in [3.8, 4) is 0 Å².